The summed E-state index contributed by atoms with van der Waals surface area (Å²) in [6.07, 6.45) is -0.216. The summed E-state index contributed by atoms with van der Waals surface area (Å²) in [5.41, 5.74) is 0. The number of carbonyl (C=O) groups excluding carboxylic acids is 1. The lowest BCUT2D eigenvalue weighted by Gasteiger charge is -2.03. The van der Waals surface area contributed by atoms with Crippen molar-refractivity contribution < 1.29 is 17.9 Å². The standard InChI is InChI=1S/C6H10Cl2O4S/c1-2-12-5(9)3-4-13(10,11)6(7)8/h6H,2-4H2,1H3. The minimum absolute atomic E-state index is 0.216. The first kappa shape index (κ1) is 13.0. The molecule has 0 heterocycles. The first-order chi connectivity index (χ1) is 5.90. The van der Waals surface area contributed by atoms with Gasteiger partial charge in [0.2, 0.25) is 4.17 Å². The molecule has 0 spiro atoms. The van der Waals surface area contributed by atoms with Crippen LogP contribution in [0, 0.1) is 0 Å². The van der Waals surface area contributed by atoms with Crippen LogP contribution in [0.4, 0.5) is 0 Å². The van der Waals surface area contributed by atoms with E-state index in [0.29, 0.717) is 0 Å². The summed E-state index contributed by atoms with van der Waals surface area (Å²) in [5.74, 6) is -0.955. The molecule has 0 aliphatic rings. The van der Waals surface area contributed by atoms with Gasteiger partial charge in [-0.3, -0.25) is 4.79 Å². The summed E-state index contributed by atoms with van der Waals surface area (Å²) in [5, 5.41) is 0. The molecule has 0 saturated heterocycles. The predicted molar refractivity (Wildman–Crippen MR) is 50.5 cm³/mol. The minimum Gasteiger partial charge on any atom is -0.466 e. The van der Waals surface area contributed by atoms with Crippen LogP contribution in [0.1, 0.15) is 13.3 Å². The zero-order chi connectivity index (χ0) is 10.5. The Balaban J connectivity index is 3.96. The molecule has 0 aromatic rings. The molecule has 0 bridgehead atoms. The maximum atomic E-state index is 11.0. The first-order valence-corrected chi connectivity index (χ1v) is 6.14. The summed E-state index contributed by atoms with van der Waals surface area (Å²) in [6, 6.07) is 0. The van der Waals surface area contributed by atoms with Crippen molar-refractivity contribution in [2.45, 2.75) is 17.5 Å². The van der Waals surface area contributed by atoms with Crippen LogP contribution in [0.15, 0.2) is 0 Å². The van der Waals surface area contributed by atoms with E-state index in [0.717, 1.165) is 0 Å². The van der Waals surface area contributed by atoms with Crippen molar-refractivity contribution in [1.29, 1.82) is 0 Å². The molecule has 0 rings (SSSR count). The Kier molecular flexibility index (Phi) is 5.67. The second kappa shape index (κ2) is 5.67. The number of ether oxygens (including phenoxy) is 1. The highest BCUT2D eigenvalue weighted by molar-refractivity contribution is 7.94. The van der Waals surface area contributed by atoms with Crippen LogP contribution in [0.2, 0.25) is 0 Å². The van der Waals surface area contributed by atoms with Crippen LogP contribution in [0.3, 0.4) is 0 Å². The number of alkyl halides is 2. The lowest BCUT2D eigenvalue weighted by atomic mass is 10.5. The molecule has 4 nitrogen and oxygen atoms in total. The lowest BCUT2D eigenvalue weighted by Crippen LogP contribution is -2.17. The number of carbonyl (C=O) groups is 1. The largest absolute Gasteiger partial charge is 0.466 e. The molecule has 0 saturated carbocycles. The molecule has 0 aromatic heterocycles. The Hall–Kier alpha value is -0.000000000000000111. The van der Waals surface area contributed by atoms with Crippen LogP contribution in [-0.2, 0) is 19.4 Å². The van der Waals surface area contributed by atoms with Gasteiger partial charge in [0.05, 0.1) is 18.8 Å². The molecular formula is C6H10Cl2O4S. The lowest BCUT2D eigenvalue weighted by molar-refractivity contribution is -0.142. The quantitative estimate of drug-likeness (QED) is 0.541. The highest BCUT2D eigenvalue weighted by atomic mass is 35.5. The van der Waals surface area contributed by atoms with E-state index in [1.165, 1.54) is 0 Å². The Morgan fingerprint density at radius 2 is 2.00 bits per heavy atom. The highest BCUT2D eigenvalue weighted by Gasteiger charge is 2.21. The SMILES string of the molecule is CCOC(=O)CCS(=O)(=O)C(Cl)Cl. The Morgan fingerprint density at radius 3 is 2.38 bits per heavy atom. The van der Waals surface area contributed by atoms with Crippen molar-refractivity contribution in [3.05, 3.63) is 0 Å². The van der Waals surface area contributed by atoms with Gasteiger partial charge in [0.25, 0.3) is 0 Å². The van der Waals surface area contributed by atoms with Gasteiger partial charge < -0.3 is 4.74 Å². The number of esters is 1. The highest BCUT2D eigenvalue weighted by Crippen LogP contribution is 2.13. The molecule has 0 radical (unpaired) electrons. The van der Waals surface area contributed by atoms with E-state index in [1.807, 2.05) is 0 Å². The third kappa shape index (κ3) is 5.33. The maximum Gasteiger partial charge on any atom is 0.306 e. The van der Waals surface area contributed by atoms with Gasteiger partial charge in [-0.25, -0.2) is 8.42 Å². The zero-order valence-electron chi connectivity index (χ0n) is 7.00. The molecule has 7 heteroatoms. The monoisotopic (exact) mass is 248 g/mol. The number of hydrogen-bond acceptors (Lipinski definition) is 4. The molecule has 13 heavy (non-hydrogen) atoms. The molecule has 0 atom stereocenters. The molecule has 0 aliphatic heterocycles. The third-order valence-electron chi connectivity index (χ3n) is 1.17. The normalized spacial score (nSPS) is 11.7. The van der Waals surface area contributed by atoms with E-state index < -0.39 is 20.0 Å². The van der Waals surface area contributed by atoms with Crippen molar-refractivity contribution in [1.82, 2.24) is 0 Å². The van der Waals surface area contributed by atoms with E-state index in [4.69, 9.17) is 23.2 Å². The van der Waals surface area contributed by atoms with E-state index in [-0.39, 0.29) is 18.8 Å². The van der Waals surface area contributed by atoms with Gasteiger partial charge in [0.1, 0.15) is 0 Å². The average molecular weight is 249 g/mol. The Bertz CT molecular complexity index is 260. The van der Waals surface area contributed by atoms with Gasteiger partial charge >= 0.3 is 5.97 Å². The fraction of sp³-hybridized carbons (Fsp3) is 0.833. The van der Waals surface area contributed by atoms with Crippen molar-refractivity contribution >= 4 is 39.0 Å². The first-order valence-electron chi connectivity index (χ1n) is 3.55. The van der Waals surface area contributed by atoms with Crippen LogP contribution < -0.4 is 0 Å². The second-order valence-electron chi connectivity index (χ2n) is 2.18. The van der Waals surface area contributed by atoms with Crippen LogP contribution in [0.5, 0.6) is 0 Å². The third-order valence-corrected chi connectivity index (χ3v) is 4.11. The molecule has 0 N–H and O–H groups in total. The summed E-state index contributed by atoms with van der Waals surface area (Å²) in [6.45, 7) is 1.86. The number of sulfone groups is 1. The Labute approximate surface area is 87.1 Å². The fourth-order valence-corrected chi connectivity index (χ4v) is 1.71. The van der Waals surface area contributed by atoms with Crippen LogP contribution in [-0.4, -0.2) is 30.9 Å². The van der Waals surface area contributed by atoms with E-state index in [1.54, 1.807) is 6.92 Å². The number of rotatable bonds is 5. The van der Waals surface area contributed by atoms with Crippen LogP contribution >= 0.6 is 23.2 Å². The summed E-state index contributed by atoms with van der Waals surface area (Å²) >= 11 is 10.3. The van der Waals surface area contributed by atoms with Crippen LogP contribution in [0.25, 0.3) is 0 Å². The number of hydrogen-bond donors (Lipinski definition) is 0. The van der Waals surface area contributed by atoms with Crippen molar-refractivity contribution in [3.8, 4) is 0 Å². The molecule has 78 valence electrons. The van der Waals surface area contributed by atoms with E-state index in [9.17, 15) is 13.2 Å². The summed E-state index contributed by atoms with van der Waals surface area (Å²) in [4.78, 5) is 10.7. The van der Waals surface area contributed by atoms with Gasteiger partial charge in [0.15, 0.2) is 9.84 Å². The fourth-order valence-electron chi connectivity index (χ4n) is 0.548. The van der Waals surface area contributed by atoms with E-state index in [2.05, 4.69) is 4.74 Å². The predicted octanol–water partition coefficient (Wildman–Crippen LogP) is 1.12. The average Bonchev–Trinajstić information content (AvgIpc) is 2.01. The molecule has 0 unspecified atom stereocenters. The zero-order valence-corrected chi connectivity index (χ0v) is 9.32. The topological polar surface area (TPSA) is 60.4 Å². The maximum absolute atomic E-state index is 11.0. The van der Waals surface area contributed by atoms with Crippen molar-refractivity contribution in [3.63, 3.8) is 0 Å². The molecule has 0 aromatic carbocycles. The molecule has 0 fully saturated rings. The van der Waals surface area contributed by atoms with Gasteiger partial charge in [0, 0.05) is 0 Å². The Morgan fingerprint density at radius 1 is 1.46 bits per heavy atom. The minimum atomic E-state index is -3.58. The van der Waals surface area contributed by atoms with Crippen molar-refractivity contribution in [2.75, 3.05) is 12.4 Å². The van der Waals surface area contributed by atoms with Gasteiger partial charge in [-0.05, 0) is 6.92 Å². The summed E-state index contributed by atoms with van der Waals surface area (Å²) in [7, 11) is -3.58. The van der Waals surface area contributed by atoms with Gasteiger partial charge in [-0.15, -0.1) is 0 Å². The van der Waals surface area contributed by atoms with Crippen molar-refractivity contribution in [2.24, 2.45) is 0 Å². The van der Waals surface area contributed by atoms with Gasteiger partial charge in [-0.2, -0.15) is 0 Å². The second-order valence-corrected chi connectivity index (χ2v) is 6.00. The molecule has 0 amide bonds. The smallest absolute Gasteiger partial charge is 0.306 e. The summed E-state index contributed by atoms with van der Waals surface area (Å²) < 4.78 is 25.0. The van der Waals surface area contributed by atoms with E-state index >= 15 is 0 Å². The number of halogens is 2. The molecule has 0 aliphatic carbocycles. The molecular weight excluding hydrogens is 239 g/mol. The van der Waals surface area contributed by atoms with Gasteiger partial charge in [-0.1, -0.05) is 23.2 Å².